The molecule has 96 valence electrons. The lowest BCUT2D eigenvalue weighted by molar-refractivity contribution is -0.139. The third-order valence-corrected chi connectivity index (χ3v) is 3.26. The summed E-state index contributed by atoms with van der Waals surface area (Å²) in [7, 11) is 0. The molecule has 0 aliphatic carbocycles. The van der Waals surface area contributed by atoms with E-state index in [2.05, 4.69) is 13.5 Å². The van der Waals surface area contributed by atoms with Crippen molar-refractivity contribution in [2.45, 2.75) is 26.7 Å². The van der Waals surface area contributed by atoms with Gasteiger partial charge in [0.15, 0.2) is 0 Å². The van der Waals surface area contributed by atoms with Crippen LogP contribution in [0.15, 0.2) is 12.7 Å². The molecule has 0 aromatic rings. The lowest BCUT2D eigenvalue weighted by Gasteiger charge is -2.32. The van der Waals surface area contributed by atoms with Crippen LogP contribution in [0.3, 0.4) is 0 Å². The Morgan fingerprint density at radius 2 is 2.00 bits per heavy atom. The van der Waals surface area contributed by atoms with Crippen molar-refractivity contribution in [3.8, 4) is 0 Å². The van der Waals surface area contributed by atoms with Gasteiger partial charge in [-0.25, -0.2) is 0 Å². The molecule has 1 aliphatic heterocycles. The molecule has 0 aromatic carbocycles. The van der Waals surface area contributed by atoms with Gasteiger partial charge in [0.2, 0.25) is 11.8 Å². The van der Waals surface area contributed by atoms with Gasteiger partial charge in [0.25, 0.3) is 0 Å². The first-order valence-corrected chi connectivity index (χ1v) is 6.18. The summed E-state index contributed by atoms with van der Waals surface area (Å²) in [5.41, 5.74) is 0. The minimum atomic E-state index is -0.0800. The highest BCUT2D eigenvalue weighted by molar-refractivity contribution is 5.84. The SMILES string of the molecule is C=CCN(CC(=O)N1CCC(C)CC1)C(C)=O. The molecule has 0 saturated carbocycles. The summed E-state index contributed by atoms with van der Waals surface area (Å²) in [6, 6.07) is 0. The van der Waals surface area contributed by atoms with E-state index in [0.717, 1.165) is 25.9 Å². The van der Waals surface area contributed by atoms with Crippen LogP contribution in [-0.4, -0.2) is 47.8 Å². The first kappa shape index (κ1) is 13.7. The third kappa shape index (κ3) is 4.21. The Hall–Kier alpha value is -1.32. The van der Waals surface area contributed by atoms with Crippen LogP contribution in [0.4, 0.5) is 0 Å². The fraction of sp³-hybridized carbons (Fsp3) is 0.692. The molecule has 0 atom stereocenters. The van der Waals surface area contributed by atoms with Gasteiger partial charge >= 0.3 is 0 Å². The summed E-state index contributed by atoms with van der Waals surface area (Å²) in [5.74, 6) is 0.675. The highest BCUT2D eigenvalue weighted by atomic mass is 16.2. The van der Waals surface area contributed by atoms with Crippen LogP contribution < -0.4 is 0 Å². The van der Waals surface area contributed by atoms with E-state index >= 15 is 0 Å². The number of nitrogens with zero attached hydrogens (tertiary/aromatic N) is 2. The van der Waals surface area contributed by atoms with Gasteiger partial charge in [-0.2, -0.15) is 0 Å². The van der Waals surface area contributed by atoms with Gasteiger partial charge in [-0.15, -0.1) is 6.58 Å². The second-order valence-corrected chi connectivity index (χ2v) is 4.75. The van der Waals surface area contributed by atoms with Crippen molar-refractivity contribution >= 4 is 11.8 Å². The summed E-state index contributed by atoms with van der Waals surface area (Å²) in [4.78, 5) is 26.7. The van der Waals surface area contributed by atoms with Crippen molar-refractivity contribution in [2.75, 3.05) is 26.2 Å². The molecule has 1 aliphatic rings. The summed E-state index contributed by atoms with van der Waals surface area (Å²) in [6.45, 7) is 9.54. The van der Waals surface area contributed by atoms with Crippen molar-refractivity contribution < 1.29 is 9.59 Å². The van der Waals surface area contributed by atoms with E-state index in [1.165, 1.54) is 11.8 Å². The average molecular weight is 238 g/mol. The van der Waals surface area contributed by atoms with Crippen LogP contribution in [0, 0.1) is 5.92 Å². The van der Waals surface area contributed by atoms with Gasteiger partial charge in [0.05, 0.1) is 0 Å². The first-order chi connectivity index (χ1) is 8.04. The second-order valence-electron chi connectivity index (χ2n) is 4.75. The highest BCUT2D eigenvalue weighted by Gasteiger charge is 2.22. The van der Waals surface area contributed by atoms with E-state index in [-0.39, 0.29) is 18.4 Å². The topological polar surface area (TPSA) is 40.6 Å². The molecule has 0 N–H and O–H groups in total. The number of piperidine rings is 1. The number of hydrogen-bond acceptors (Lipinski definition) is 2. The van der Waals surface area contributed by atoms with Crippen molar-refractivity contribution in [3.63, 3.8) is 0 Å². The molecule has 1 fully saturated rings. The maximum atomic E-state index is 12.0. The predicted octanol–water partition coefficient (Wildman–Crippen LogP) is 1.28. The zero-order valence-corrected chi connectivity index (χ0v) is 10.8. The van der Waals surface area contributed by atoms with Crippen molar-refractivity contribution in [2.24, 2.45) is 5.92 Å². The predicted molar refractivity (Wildman–Crippen MR) is 67.4 cm³/mol. The quantitative estimate of drug-likeness (QED) is 0.692. The van der Waals surface area contributed by atoms with Crippen LogP contribution in [0.2, 0.25) is 0 Å². The first-order valence-electron chi connectivity index (χ1n) is 6.18. The van der Waals surface area contributed by atoms with Crippen LogP contribution in [0.25, 0.3) is 0 Å². The van der Waals surface area contributed by atoms with Gasteiger partial charge in [0, 0.05) is 26.6 Å². The molecule has 17 heavy (non-hydrogen) atoms. The second kappa shape index (κ2) is 6.42. The Morgan fingerprint density at radius 1 is 1.41 bits per heavy atom. The Kier molecular flexibility index (Phi) is 5.19. The number of hydrogen-bond donors (Lipinski definition) is 0. The van der Waals surface area contributed by atoms with E-state index in [1.54, 1.807) is 6.08 Å². The molecular formula is C13H22N2O2. The summed E-state index contributed by atoms with van der Waals surface area (Å²) in [5, 5.41) is 0. The fourth-order valence-corrected chi connectivity index (χ4v) is 1.98. The molecule has 1 saturated heterocycles. The monoisotopic (exact) mass is 238 g/mol. The molecule has 0 radical (unpaired) electrons. The molecular weight excluding hydrogens is 216 g/mol. The average Bonchev–Trinajstić information content (AvgIpc) is 2.29. The summed E-state index contributed by atoms with van der Waals surface area (Å²) in [6.07, 6.45) is 3.77. The smallest absolute Gasteiger partial charge is 0.242 e. The summed E-state index contributed by atoms with van der Waals surface area (Å²) >= 11 is 0. The Morgan fingerprint density at radius 3 is 2.47 bits per heavy atom. The number of carbonyl (C=O) groups is 2. The van der Waals surface area contributed by atoms with Crippen LogP contribution in [0.1, 0.15) is 26.7 Å². The fourth-order valence-electron chi connectivity index (χ4n) is 1.98. The Labute approximate surface area is 103 Å². The molecule has 0 bridgehead atoms. The molecule has 4 nitrogen and oxygen atoms in total. The van der Waals surface area contributed by atoms with E-state index in [9.17, 15) is 9.59 Å². The van der Waals surface area contributed by atoms with E-state index in [0.29, 0.717) is 12.5 Å². The normalized spacial score (nSPS) is 16.7. The molecule has 1 rings (SSSR count). The lowest BCUT2D eigenvalue weighted by atomic mass is 9.99. The van der Waals surface area contributed by atoms with Crippen LogP contribution in [-0.2, 0) is 9.59 Å². The van der Waals surface area contributed by atoms with Gasteiger partial charge in [-0.3, -0.25) is 9.59 Å². The van der Waals surface area contributed by atoms with Gasteiger partial charge in [0.1, 0.15) is 6.54 Å². The molecule has 4 heteroatoms. The van der Waals surface area contributed by atoms with Crippen molar-refractivity contribution in [3.05, 3.63) is 12.7 Å². The Bertz CT molecular complexity index is 294. The largest absolute Gasteiger partial charge is 0.341 e. The van der Waals surface area contributed by atoms with Crippen molar-refractivity contribution in [1.82, 2.24) is 9.80 Å². The molecule has 0 unspecified atom stereocenters. The zero-order valence-electron chi connectivity index (χ0n) is 10.8. The van der Waals surface area contributed by atoms with Gasteiger partial charge in [-0.05, 0) is 18.8 Å². The van der Waals surface area contributed by atoms with E-state index < -0.39 is 0 Å². The minimum Gasteiger partial charge on any atom is -0.341 e. The Balaban J connectivity index is 2.46. The zero-order chi connectivity index (χ0) is 12.8. The molecule has 1 heterocycles. The van der Waals surface area contributed by atoms with Gasteiger partial charge in [-0.1, -0.05) is 13.0 Å². The number of likely N-dealkylation sites (tertiary alicyclic amines) is 1. The lowest BCUT2D eigenvalue weighted by Crippen LogP contribution is -2.45. The van der Waals surface area contributed by atoms with Crippen LogP contribution >= 0.6 is 0 Å². The highest BCUT2D eigenvalue weighted by Crippen LogP contribution is 2.16. The van der Waals surface area contributed by atoms with E-state index in [4.69, 9.17) is 0 Å². The number of rotatable bonds is 4. The van der Waals surface area contributed by atoms with Gasteiger partial charge < -0.3 is 9.80 Å². The molecule has 2 amide bonds. The molecule has 0 spiro atoms. The van der Waals surface area contributed by atoms with Crippen molar-refractivity contribution in [1.29, 1.82) is 0 Å². The maximum Gasteiger partial charge on any atom is 0.242 e. The summed E-state index contributed by atoms with van der Waals surface area (Å²) < 4.78 is 0. The maximum absolute atomic E-state index is 12.0. The number of carbonyl (C=O) groups excluding carboxylic acids is 2. The van der Waals surface area contributed by atoms with E-state index in [1.807, 2.05) is 4.90 Å². The third-order valence-electron chi connectivity index (χ3n) is 3.26. The standard InChI is InChI=1S/C13H22N2O2/c1-4-7-15(12(3)16)10-13(17)14-8-5-11(2)6-9-14/h4,11H,1,5-10H2,2-3H3. The number of amides is 2. The van der Waals surface area contributed by atoms with Crippen LogP contribution in [0.5, 0.6) is 0 Å². The minimum absolute atomic E-state index is 0.0500. The molecule has 0 aromatic heterocycles.